The van der Waals surface area contributed by atoms with Crippen LogP contribution in [0.3, 0.4) is 0 Å². The maximum atomic E-state index is 15.5. The average molecular weight is 570 g/mol. The van der Waals surface area contributed by atoms with Gasteiger partial charge in [-0.1, -0.05) is 18.2 Å². The predicted octanol–water partition coefficient (Wildman–Crippen LogP) is 5.26. The summed E-state index contributed by atoms with van der Waals surface area (Å²) in [4.78, 5) is 23.7. The number of nitriles is 1. The highest BCUT2D eigenvalue weighted by Gasteiger charge is 2.33. The monoisotopic (exact) mass is 569 g/mol. The Bertz CT molecular complexity index is 1680. The summed E-state index contributed by atoms with van der Waals surface area (Å²) < 4.78 is 28.6. The van der Waals surface area contributed by atoms with E-state index in [1.807, 2.05) is 45.0 Å². The van der Waals surface area contributed by atoms with Crippen molar-refractivity contribution >= 4 is 22.8 Å². The smallest absolute Gasteiger partial charge is 0.264 e. The third-order valence-electron chi connectivity index (χ3n) is 7.11. The van der Waals surface area contributed by atoms with Crippen molar-refractivity contribution in [3.8, 4) is 28.8 Å². The van der Waals surface area contributed by atoms with E-state index in [2.05, 4.69) is 9.97 Å². The maximum absolute atomic E-state index is 15.5. The summed E-state index contributed by atoms with van der Waals surface area (Å²) in [6, 6.07) is 15.4. The van der Waals surface area contributed by atoms with Gasteiger partial charge in [-0.15, -0.1) is 0 Å². The minimum absolute atomic E-state index is 0.0258. The summed E-state index contributed by atoms with van der Waals surface area (Å²) in [6.07, 6.45) is 4.37. The summed E-state index contributed by atoms with van der Waals surface area (Å²) >= 11 is 0. The molecule has 1 saturated heterocycles. The van der Waals surface area contributed by atoms with Gasteiger partial charge in [-0.2, -0.15) is 10.4 Å². The van der Waals surface area contributed by atoms with Crippen LogP contribution in [0.4, 0.5) is 10.2 Å². The summed E-state index contributed by atoms with van der Waals surface area (Å²) in [5, 5.41) is 14.9. The van der Waals surface area contributed by atoms with Crippen LogP contribution in [0.2, 0.25) is 0 Å². The van der Waals surface area contributed by atoms with Gasteiger partial charge in [-0.25, -0.2) is 19.0 Å². The minimum atomic E-state index is -0.766. The molecule has 0 bridgehead atoms. The molecule has 0 aliphatic carbocycles. The number of anilines is 1. The third kappa shape index (κ3) is 5.94. The second-order valence-electron chi connectivity index (χ2n) is 10.5. The number of hydrogen-bond acceptors (Lipinski definition) is 8. The number of hydrogen-bond donors (Lipinski definition) is 1. The minimum Gasteiger partial charge on any atom is -0.457 e. The number of nitrogen functional groups attached to an aromatic ring is 1. The molecule has 1 fully saturated rings. The number of para-hydroxylation sites is 1. The highest BCUT2D eigenvalue weighted by atomic mass is 19.1. The first kappa shape index (κ1) is 28.7. The number of benzene rings is 2. The topological polar surface area (TPSA) is 132 Å². The number of fused-ring (bicyclic) bond motifs is 1. The fraction of sp³-hybridized carbons (Fsp3) is 0.323. The Hall–Kier alpha value is -4.82. The van der Waals surface area contributed by atoms with Gasteiger partial charge in [0.15, 0.2) is 5.65 Å². The molecule has 1 atom stereocenters. The lowest BCUT2D eigenvalue weighted by Gasteiger charge is -2.26. The molecule has 11 heteroatoms. The lowest BCUT2D eigenvalue weighted by molar-refractivity contribution is -0.127. The average Bonchev–Trinajstić information content (AvgIpc) is 3.58. The summed E-state index contributed by atoms with van der Waals surface area (Å²) in [5.74, 6) is 0.181. The predicted molar refractivity (Wildman–Crippen MR) is 156 cm³/mol. The maximum Gasteiger partial charge on any atom is 0.264 e. The molecule has 3 heterocycles. The first-order valence-corrected chi connectivity index (χ1v) is 13.8. The van der Waals surface area contributed by atoms with Crippen molar-refractivity contribution in [1.82, 2.24) is 24.6 Å². The molecule has 0 spiro atoms. The number of aromatic nitrogens is 4. The van der Waals surface area contributed by atoms with Crippen LogP contribution in [0.15, 0.2) is 66.5 Å². The van der Waals surface area contributed by atoms with E-state index in [1.165, 1.54) is 12.4 Å². The van der Waals surface area contributed by atoms with Gasteiger partial charge in [0.05, 0.1) is 23.6 Å². The van der Waals surface area contributed by atoms with Crippen LogP contribution >= 0.6 is 0 Å². The zero-order chi connectivity index (χ0) is 29.9. The van der Waals surface area contributed by atoms with Crippen molar-refractivity contribution in [2.24, 2.45) is 0 Å². The quantitative estimate of drug-likeness (QED) is 0.213. The van der Waals surface area contributed by atoms with Crippen molar-refractivity contribution in [3.63, 3.8) is 0 Å². The number of carbonyl (C=O) groups is 1. The largest absolute Gasteiger partial charge is 0.457 e. The number of nitrogens with two attached hydrogens (primary N) is 1. The van der Waals surface area contributed by atoms with Gasteiger partial charge in [0, 0.05) is 24.8 Å². The molecular weight excluding hydrogens is 537 g/mol. The van der Waals surface area contributed by atoms with Gasteiger partial charge in [0.1, 0.15) is 46.8 Å². The molecule has 1 aliphatic rings. The Morgan fingerprint density at radius 1 is 1.21 bits per heavy atom. The van der Waals surface area contributed by atoms with Crippen molar-refractivity contribution in [3.05, 3.63) is 72.3 Å². The number of ether oxygens (including phenoxy) is 2. The summed E-state index contributed by atoms with van der Waals surface area (Å²) in [7, 11) is 0. The van der Waals surface area contributed by atoms with E-state index in [0.717, 1.165) is 6.42 Å². The number of rotatable bonds is 9. The molecule has 10 nitrogen and oxygen atoms in total. The van der Waals surface area contributed by atoms with Crippen LogP contribution in [-0.4, -0.2) is 55.4 Å². The van der Waals surface area contributed by atoms with Crippen LogP contribution in [0, 0.1) is 17.1 Å². The van der Waals surface area contributed by atoms with Crippen LogP contribution < -0.4 is 10.5 Å². The first-order chi connectivity index (χ1) is 20.2. The van der Waals surface area contributed by atoms with Gasteiger partial charge < -0.3 is 20.1 Å². The SMILES string of the molecule is CCOC(C)(C)/C=C(/C#N)C(=O)N1CCC[C@H]1Cn1nc(-c2ccc(Oc3ccccc3)cc2F)c2c(N)ncnc21. The van der Waals surface area contributed by atoms with Gasteiger partial charge in [0.2, 0.25) is 0 Å². The highest BCUT2D eigenvalue weighted by molar-refractivity contribution is 5.99. The molecule has 216 valence electrons. The van der Waals surface area contributed by atoms with E-state index in [1.54, 1.807) is 39.9 Å². The fourth-order valence-electron chi connectivity index (χ4n) is 5.27. The van der Waals surface area contributed by atoms with Crippen molar-refractivity contribution in [2.45, 2.75) is 51.8 Å². The Balaban J connectivity index is 1.45. The molecule has 1 amide bonds. The van der Waals surface area contributed by atoms with Crippen LogP contribution in [0.25, 0.3) is 22.3 Å². The third-order valence-corrected chi connectivity index (χ3v) is 7.11. The number of nitrogens with zero attached hydrogens (tertiary/aromatic N) is 6. The second kappa shape index (κ2) is 12.0. The number of amides is 1. The van der Waals surface area contributed by atoms with E-state index in [-0.39, 0.29) is 35.4 Å². The van der Waals surface area contributed by atoms with E-state index in [9.17, 15) is 10.1 Å². The summed E-state index contributed by atoms with van der Waals surface area (Å²) in [5.41, 5.74) is 6.43. The Kier molecular flexibility index (Phi) is 8.17. The lowest BCUT2D eigenvalue weighted by Crippen LogP contribution is -2.39. The normalized spacial score (nSPS) is 15.6. The molecule has 5 rings (SSSR count). The van der Waals surface area contributed by atoms with Crippen molar-refractivity contribution in [2.75, 3.05) is 18.9 Å². The lowest BCUT2D eigenvalue weighted by atomic mass is 10.0. The van der Waals surface area contributed by atoms with Crippen molar-refractivity contribution < 1.29 is 18.7 Å². The Morgan fingerprint density at radius 2 is 2.00 bits per heavy atom. The Labute approximate surface area is 243 Å². The molecule has 0 radical (unpaired) electrons. The van der Waals surface area contributed by atoms with Gasteiger partial charge in [-0.05, 0) is 64.0 Å². The van der Waals surface area contributed by atoms with E-state index < -0.39 is 11.4 Å². The molecule has 2 aromatic heterocycles. The molecule has 0 unspecified atom stereocenters. The molecule has 0 saturated carbocycles. The van der Waals surface area contributed by atoms with E-state index in [4.69, 9.17) is 20.3 Å². The second-order valence-corrected chi connectivity index (χ2v) is 10.5. The first-order valence-electron chi connectivity index (χ1n) is 13.8. The fourth-order valence-corrected chi connectivity index (χ4v) is 5.27. The molecule has 1 aliphatic heterocycles. The molecule has 4 aromatic rings. The molecule has 2 aromatic carbocycles. The zero-order valence-electron chi connectivity index (χ0n) is 23.7. The molecule has 42 heavy (non-hydrogen) atoms. The van der Waals surface area contributed by atoms with Crippen molar-refractivity contribution in [1.29, 1.82) is 5.26 Å². The molecule has 2 N–H and O–H groups in total. The summed E-state index contributed by atoms with van der Waals surface area (Å²) in [6.45, 7) is 6.71. The van der Waals surface area contributed by atoms with Crippen LogP contribution in [-0.2, 0) is 16.1 Å². The van der Waals surface area contributed by atoms with Crippen LogP contribution in [0.1, 0.15) is 33.6 Å². The van der Waals surface area contributed by atoms with Crippen LogP contribution in [0.5, 0.6) is 11.5 Å². The standard InChI is InChI=1S/C31H32FN7O3/c1-4-41-31(2,3)16-20(17-33)30(40)38-14-8-9-21(38)18-39-29-26(28(34)35-19-36-29)27(37-39)24-13-12-23(15-25(24)32)42-22-10-6-5-7-11-22/h5-7,10-13,15-16,19,21H,4,8-9,14,18H2,1-3H3,(H2,34,35,36)/b20-16-/t21-/m0/s1. The van der Waals surface area contributed by atoms with E-state index >= 15 is 4.39 Å². The van der Waals surface area contributed by atoms with E-state index in [0.29, 0.717) is 47.8 Å². The van der Waals surface area contributed by atoms with Gasteiger partial charge >= 0.3 is 0 Å². The number of carbonyl (C=O) groups excluding carboxylic acids is 1. The zero-order valence-corrected chi connectivity index (χ0v) is 23.7. The number of likely N-dealkylation sites (tertiary alicyclic amines) is 1. The van der Waals surface area contributed by atoms with Gasteiger partial charge in [0.25, 0.3) is 5.91 Å². The van der Waals surface area contributed by atoms with Gasteiger partial charge in [-0.3, -0.25) is 4.79 Å². The number of halogens is 1. The Morgan fingerprint density at radius 3 is 2.71 bits per heavy atom. The highest BCUT2D eigenvalue weighted by Crippen LogP contribution is 2.35. The molecular formula is C31H32FN7O3.